The molecule has 0 saturated heterocycles. The summed E-state index contributed by atoms with van der Waals surface area (Å²) in [6, 6.07) is 56.1. The summed E-state index contributed by atoms with van der Waals surface area (Å²) in [4.78, 5) is 30.7. The molecule has 7 nitrogen and oxygen atoms in total. The highest BCUT2D eigenvalue weighted by Crippen LogP contribution is 2.41. The average Bonchev–Trinajstić information content (AvgIpc) is 3.37. The van der Waals surface area contributed by atoms with Crippen molar-refractivity contribution in [2.75, 3.05) is 0 Å². The normalized spacial score (nSPS) is 16.7. The SMILES string of the molecule is CC1C=CC(c2nc(-c3ccccc3)nc(-c3ccccc3-c3ccc(-c4nc(-c5ccccc5)nc(-c5cccc(C6(C)C=CC(C#N)=CC6)c5)n4)cc3-c3ccccc3)n2)=CC1. The standard InChI is InChI=1S/C57H43N7/c1-38-25-27-43(28-26-38)53-59-52(42-19-10-5-11-20-42)63-56(64-53)49-24-13-12-23-47(49)48-30-29-45(36-50(48)40-15-6-3-7-16-40)55-61-51(41-17-8-4-9-18-41)60-54(62-55)44-21-14-22-46(35-44)57(2)33-31-39(37-58)32-34-57/h3-25,27-33,35-36,38H,26,34H2,1-2H3. The second-order valence-electron chi connectivity index (χ2n) is 16.6. The van der Waals surface area contributed by atoms with E-state index in [1.807, 2.05) is 84.9 Å². The van der Waals surface area contributed by atoms with Crippen molar-refractivity contribution in [3.63, 3.8) is 0 Å². The fourth-order valence-corrected chi connectivity index (χ4v) is 8.32. The van der Waals surface area contributed by atoms with E-state index in [-0.39, 0.29) is 5.41 Å². The number of aromatic nitrogens is 6. The Morgan fingerprint density at radius 2 is 1.02 bits per heavy atom. The molecule has 2 aliphatic rings. The molecule has 2 atom stereocenters. The Balaban J connectivity index is 1.12. The maximum atomic E-state index is 9.48. The number of rotatable bonds is 9. The summed E-state index contributed by atoms with van der Waals surface area (Å²) in [7, 11) is 0. The maximum absolute atomic E-state index is 9.48. The molecule has 10 rings (SSSR count). The van der Waals surface area contributed by atoms with E-state index in [2.05, 4.69) is 129 Å². The molecule has 8 aromatic rings. The van der Waals surface area contributed by atoms with Gasteiger partial charge in [-0.15, -0.1) is 0 Å². The minimum Gasteiger partial charge on any atom is -0.208 e. The number of allylic oxidation sites excluding steroid dienone is 8. The van der Waals surface area contributed by atoms with Crippen LogP contribution in [0.1, 0.15) is 38.1 Å². The molecule has 0 radical (unpaired) electrons. The number of nitriles is 1. The van der Waals surface area contributed by atoms with E-state index >= 15 is 0 Å². The molecule has 0 aliphatic heterocycles. The zero-order valence-electron chi connectivity index (χ0n) is 35.6. The van der Waals surface area contributed by atoms with E-state index in [1.165, 1.54) is 0 Å². The van der Waals surface area contributed by atoms with E-state index in [0.29, 0.717) is 46.4 Å². The third-order valence-corrected chi connectivity index (χ3v) is 12.0. The van der Waals surface area contributed by atoms with E-state index in [9.17, 15) is 5.26 Å². The zero-order valence-corrected chi connectivity index (χ0v) is 35.6. The van der Waals surface area contributed by atoms with Crippen molar-refractivity contribution >= 4 is 5.57 Å². The van der Waals surface area contributed by atoms with Crippen molar-refractivity contribution in [3.05, 3.63) is 211 Å². The number of hydrogen-bond acceptors (Lipinski definition) is 7. The molecule has 2 aromatic heterocycles. The fourth-order valence-electron chi connectivity index (χ4n) is 8.32. The smallest absolute Gasteiger partial charge is 0.164 e. The van der Waals surface area contributed by atoms with Gasteiger partial charge in [0.05, 0.1) is 6.07 Å². The third kappa shape index (κ3) is 8.13. The lowest BCUT2D eigenvalue weighted by atomic mass is 9.76. The van der Waals surface area contributed by atoms with Gasteiger partial charge < -0.3 is 0 Å². The summed E-state index contributed by atoms with van der Waals surface area (Å²) in [5, 5.41) is 9.48. The van der Waals surface area contributed by atoms with Crippen LogP contribution in [0.2, 0.25) is 0 Å². The third-order valence-electron chi connectivity index (χ3n) is 12.0. The highest BCUT2D eigenvalue weighted by atomic mass is 15.0. The zero-order chi connectivity index (χ0) is 43.5. The molecular formula is C57H43N7. The number of benzene rings is 6. The van der Waals surface area contributed by atoms with Crippen LogP contribution in [0.3, 0.4) is 0 Å². The van der Waals surface area contributed by atoms with Gasteiger partial charge in [0.2, 0.25) is 0 Å². The van der Waals surface area contributed by atoms with Gasteiger partial charge >= 0.3 is 0 Å². The summed E-state index contributed by atoms with van der Waals surface area (Å²) in [5.74, 6) is 4.08. The van der Waals surface area contributed by atoms with Crippen molar-refractivity contribution in [2.24, 2.45) is 5.92 Å². The molecule has 0 spiro atoms. The van der Waals surface area contributed by atoms with Crippen molar-refractivity contribution in [1.29, 1.82) is 5.26 Å². The first kappa shape index (κ1) is 39.9. The van der Waals surface area contributed by atoms with Gasteiger partial charge in [0.15, 0.2) is 34.9 Å². The van der Waals surface area contributed by atoms with Crippen LogP contribution in [0.5, 0.6) is 0 Å². The fraction of sp³-hybridized carbons (Fsp3) is 0.105. The van der Waals surface area contributed by atoms with E-state index in [0.717, 1.165) is 74.0 Å². The Morgan fingerprint density at radius 3 is 1.62 bits per heavy atom. The molecule has 0 fully saturated rings. The summed E-state index contributed by atoms with van der Waals surface area (Å²) < 4.78 is 0. The van der Waals surface area contributed by atoms with Crippen LogP contribution < -0.4 is 0 Å². The lowest BCUT2D eigenvalue weighted by Crippen LogP contribution is -2.20. The van der Waals surface area contributed by atoms with Gasteiger partial charge in [-0.3, -0.25) is 0 Å². The minimum atomic E-state index is -0.278. The Bertz CT molecular complexity index is 3200. The summed E-state index contributed by atoms with van der Waals surface area (Å²) in [6.45, 7) is 4.41. The molecule has 0 saturated carbocycles. The largest absolute Gasteiger partial charge is 0.208 e. The predicted molar refractivity (Wildman–Crippen MR) is 257 cm³/mol. The molecule has 0 N–H and O–H groups in total. The van der Waals surface area contributed by atoms with Gasteiger partial charge in [-0.25, -0.2) is 29.9 Å². The van der Waals surface area contributed by atoms with Crippen molar-refractivity contribution in [2.45, 2.75) is 32.1 Å². The van der Waals surface area contributed by atoms with Gasteiger partial charge in [-0.1, -0.05) is 190 Å². The summed E-state index contributed by atoms with van der Waals surface area (Å²) in [5.41, 5.74) is 11.1. The Morgan fingerprint density at radius 1 is 0.484 bits per heavy atom. The van der Waals surface area contributed by atoms with Crippen LogP contribution in [-0.4, -0.2) is 29.9 Å². The molecule has 6 aromatic carbocycles. The lowest BCUT2D eigenvalue weighted by Gasteiger charge is -2.28. The van der Waals surface area contributed by atoms with Gasteiger partial charge in [0, 0.05) is 44.4 Å². The summed E-state index contributed by atoms with van der Waals surface area (Å²) >= 11 is 0. The molecule has 2 heterocycles. The highest BCUT2D eigenvalue weighted by Gasteiger charge is 2.26. The van der Waals surface area contributed by atoms with Crippen LogP contribution in [0.4, 0.5) is 0 Å². The van der Waals surface area contributed by atoms with Crippen molar-refractivity contribution in [1.82, 2.24) is 29.9 Å². The van der Waals surface area contributed by atoms with Crippen molar-refractivity contribution < 1.29 is 0 Å². The van der Waals surface area contributed by atoms with Crippen LogP contribution in [0.15, 0.2) is 200 Å². The molecule has 64 heavy (non-hydrogen) atoms. The molecule has 0 bridgehead atoms. The Kier molecular flexibility index (Phi) is 10.8. The number of hydrogen-bond donors (Lipinski definition) is 0. The monoisotopic (exact) mass is 825 g/mol. The first-order chi connectivity index (χ1) is 31.4. The molecule has 0 amide bonds. The Hall–Kier alpha value is -8.21. The van der Waals surface area contributed by atoms with Crippen LogP contribution >= 0.6 is 0 Å². The Labute approximate surface area is 373 Å². The van der Waals surface area contributed by atoms with Crippen LogP contribution in [0.25, 0.3) is 84.8 Å². The van der Waals surface area contributed by atoms with Gasteiger partial charge in [-0.05, 0) is 64.8 Å². The number of nitrogens with zero attached hydrogens (tertiary/aromatic N) is 7. The quantitative estimate of drug-likeness (QED) is 0.143. The van der Waals surface area contributed by atoms with Crippen molar-refractivity contribution in [3.8, 4) is 85.3 Å². The van der Waals surface area contributed by atoms with Gasteiger partial charge in [-0.2, -0.15) is 5.26 Å². The average molecular weight is 826 g/mol. The molecular weight excluding hydrogens is 783 g/mol. The molecule has 2 unspecified atom stereocenters. The van der Waals surface area contributed by atoms with E-state index < -0.39 is 0 Å². The predicted octanol–water partition coefficient (Wildman–Crippen LogP) is 13.4. The minimum absolute atomic E-state index is 0.278. The topological polar surface area (TPSA) is 101 Å². The molecule has 2 aliphatic carbocycles. The van der Waals surface area contributed by atoms with Gasteiger partial charge in [0.25, 0.3) is 0 Å². The lowest BCUT2D eigenvalue weighted by molar-refractivity contribution is 0.598. The summed E-state index contributed by atoms with van der Waals surface area (Å²) in [6.07, 6.45) is 14.3. The van der Waals surface area contributed by atoms with Crippen LogP contribution in [0, 0.1) is 17.2 Å². The maximum Gasteiger partial charge on any atom is 0.164 e. The first-order valence-corrected chi connectivity index (χ1v) is 21.6. The second kappa shape index (κ2) is 17.3. The highest BCUT2D eigenvalue weighted by molar-refractivity contribution is 5.92. The molecule has 7 heteroatoms. The second-order valence-corrected chi connectivity index (χ2v) is 16.6. The van der Waals surface area contributed by atoms with Crippen LogP contribution in [-0.2, 0) is 5.41 Å². The first-order valence-electron chi connectivity index (χ1n) is 21.6. The van der Waals surface area contributed by atoms with Gasteiger partial charge in [0.1, 0.15) is 0 Å². The van der Waals surface area contributed by atoms with E-state index in [4.69, 9.17) is 29.9 Å². The molecule has 306 valence electrons. The van der Waals surface area contributed by atoms with E-state index in [1.54, 1.807) is 0 Å².